The van der Waals surface area contributed by atoms with Crippen molar-refractivity contribution in [2.24, 2.45) is 0 Å². The molecule has 0 bridgehead atoms. The maximum atomic E-state index is 11.1. The Kier molecular flexibility index (Phi) is 6.90. The van der Waals surface area contributed by atoms with Crippen LogP contribution in [0.25, 0.3) is 0 Å². The summed E-state index contributed by atoms with van der Waals surface area (Å²) in [7, 11) is -0.311. The monoisotopic (exact) mass is 298 g/mol. The van der Waals surface area contributed by atoms with Crippen LogP contribution in [-0.4, -0.2) is 44.1 Å². The van der Waals surface area contributed by atoms with Crippen molar-refractivity contribution in [2.75, 3.05) is 19.8 Å². The number of carbonyl (C=O) groups is 1. The minimum absolute atomic E-state index is 0.217. The fraction of sp³-hybridized carbons (Fsp3) is 0.800. The molecular formula is C15H27BO5. The molecule has 0 spiro atoms. The van der Waals surface area contributed by atoms with Crippen LogP contribution in [-0.2, 0) is 23.6 Å². The first-order valence-corrected chi connectivity index (χ1v) is 7.54. The molecule has 0 N–H and O–H groups in total. The summed E-state index contributed by atoms with van der Waals surface area (Å²) in [6.07, 6.45) is 3.04. The van der Waals surface area contributed by atoms with E-state index in [1.165, 1.54) is 0 Å². The minimum Gasteiger partial charge on any atom is -0.466 e. The smallest absolute Gasteiger partial charge is 0.466 e. The molecule has 0 aromatic heterocycles. The summed E-state index contributed by atoms with van der Waals surface area (Å²) in [6, 6.07) is 0. The van der Waals surface area contributed by atoms with E-state index in [2.05, 4.69) is 0 Å². The first-order valence-electron chi connectivity index (χ1n) is 7.54. The Bertz CT molecular complexity index is 349. The van der Waals surface area contributed by atoms with Crippen molar-refractivity contribution >= 4 is 13.1 Å². The van der Waals surface area contributed by atoms with Gasteiger partial charge in [-0.3, -0.25) is 4.79 Å². The lowest BCUT2D eigenvalue weighted by Gasteiger charge is -2.32. The van der Waals surface area contributed by atoms with E-state index in [9.17, 15) is 4.79 Å². The molecule has 0 saturated carbocycles. The maximum Gasteiger partial charge on any atom is 0.486 e. The molecule has 1 saturated heterocycles. The molecule has 0 aromatic carbocycles. The van der Waals surface area contributed by atoms with Crippen molar-refractivity contribution < 1.29 is 23.6 Å². The molecule has 0 unspecified atom stereocenters. The third-order valence-electron chi connectivity index (χ3n) is 3.75. The van der Waals surface area contributed by atoms with E-state index < -0.39 is 0 Å². The van der Waals surface area contributed by atoms with E-state index in [1.807, 2.05) is 39.7 Å². The second kappa shape index (κ2) is 7.96. The first-order chi connectivity index (χ1) is 9.78. The summed E-state index contributed by atoms with van der Waals surface area (Å²) >= 11 is 0. The molecule has 0 amide bonds. The number of hydrogen-bond donors (Lipinski definition) is 0. The highest BCUT2D eigenvalue weighted by atomic mass is 16.7. The van der Waals surface area contributed by atoms with Crippen LogP contribution < -0.4 is 0 Å². The third-order valence-corrected chi connectivity index (χ3v) is 3.75. The lowest BCUT2D eigenvalue weighted by atomic mass is 9.90. The van der Waals surface area contributed by atoms with Crippen LogP contribution in [0.15, 0.2) is 12.1 Å². The van der Waals surface area contributed by atoms with Gasteiger partial charge in [0.25, 0.3) is 0 Å². The average molecular weight is 298 g/mol. The molecule has 0 aliphatic carbocycles. The van der Waals surface area contributed by atoms with Crippen molar-refractivity contribution in [3.8, 4) is 0 Å². The van der Waals surface area contributed by atoms with Crippen molar-refractivity contribution in [2.45, 2.75) is 58.7 Å². The zero-order valence-corrected chi connectivity index (χ0v) is 13.8. The van der Waals surface area contributed by atoms with Gasteiger partial charge in [0.1, 0.15) is 0 Å². The molecule has 5 nitrogen and oxygen atoms in total. The van der Waals surface area contributed by atoms with E-state index >= 15 is 0 Å². The molecule has 1 heterocycles. The molecule has 1 aliphatic rings. The van der Waals surface area contributed by atoms with Gasteiger partial charge in [-0.05, 0) is 41.0 Å². The van der Waals surface area contributed by atoms with Gasteiger partial charge in [-0.1, -0.05) is 12.1 Å². The Morgan fingerprint density at radius 3 is 2.33 bits per heavy atom. The van der Waals surface area contributed by atoms with Gasteiger partial charge in [-0.2, -0.15) is 0 Å². The Morgan fingerprint density at radius 1 is 1.14 bits per heavy atom. The summed E-state index contributed by atoms with van der Waals surface area (Å²) in [6.45, 7) is 11.3. The Morgan fingerprint density at radius 2 is 1.76 bits per heavy atom. The quantitative estimate of drug-likeness (QED) is 0.391. The zero-order chi connectivity index (χ0) is 15.9. The summed E-state index contributed by atoms with van der Waals surface area (Å²) in [5, 5.41) is 0. The Labute approximate surface area is 128 Å². The van der Waals surface area contributed by atoms with Crippen molar-refractivity contribution in [1.29, 1.82) is 0 Å². The zero-order valence-electron chi connectivity index (χ0n) is 13.8. The molecule has 0 atom stereocenters. The van der Waals surface area contributed by atoms with Gasteiger partial charge < -0.3 is 18.8 Å². The van der Waals surface area contributed by atoms with Crippen molar-refractivity contribution in [1.82, 2.24) is 0 Å². The maximum absolute atomic E-state index is 11.1. The Balaban J connectivity index is 2.13. The summed E-state index contributed by atoms with van der Waals surface area (Å²) in [5.41, 5.74) is -0.615. The molecular weight excluding hydrogens is 271 g/mol. The fourth-order valence-electron chi connectivity index (χ4n) is 1.82. The number of esters is 1. The SMILES string of the molecule is CCOC(=O)CCOCC/C=C/B1OC(C)(C)C(C)(C)O1. The second-order valence-electron chi connectivity index (χ2n) is 6.01. The van der Waals surface area contributed by atoms with Crippen LogP contribution in [0.2, 0.25) is 0 Å². The lowest BCUT2D eigenvalue weighted by molar-refractivity contribution is -0.144. The number of hydrogen-bond acceptors (Lipinski definition) is 5. The molecule has 120 valence electrons. The van der Waals surface area contributed by atoms with Gasteiger partial charge in [0, 0.05) is 6.61 Å². The molecule has 1 aliphatic heterocycles. The van der Waals surface area contributed by atoms with Gasteiger partial charge in [0.05, 0.1) is 30.8 Å². The third kappa shape index (κ3) is 5.81. The average Bonchev–Trinajstić information content (AvgIpc) is 2.57. The van der Waals surface area contributed by atoms with Crippen molar-refractivity contribution in [3.63, 3.8) is 0 Å². The lowest BCUT2D eigenvalue weighted by Crippen LogP contribution is -2.41. The van der Waals surface area contributed by atoms with Gasteiger partial charge >= 0.3 is 13.1 Å². The predicted molar refractivity (Wildman–Crippen MR) is 81.9 cm³/mol. The topological polar surface area (TPSA) is 54.0 Å². The van der Waals surface area contributed by atoms with Crippen LogP contribution in [0.4, 0.5) is 0 Å². The number of ether oxygens (including phenoxy) is 2. The Hall–Kier alpha value is -0.845. The summed E-state index contributed by atoms with van der Waals surface area (Å²) in [4.78, 5) is 11.1. The molecule has 21 heavy (non-hydrogen) atoms. The fourth-order valence-corrected chi connectivity index (χ4v) is 1.82. The molecule has 0 aromatic rings. The van der Waals surface area contributed by atoms with Gasteiger partial charge in [-0.15, -0.1) is 0 Å². The van der Waals surface area contributed by atoms with Gasteiger partial charge in [0.2, 0.25) is 0 Å². The van der Waals surface area contributed by atoms with E-state index in [-0.39, 0.29) is 24.3 Å². The molecule has 6 heteroatoms. The van der Waals surface area contributed by atoms with Crippen LogP contribution in [0.1, 0.15) is 47.5 Å². The van der Waals surface area contributed by atoms with Crippen molar-refractivity contribution in [3.05, 3.63) is 12.1 Å². The van der Waals surface area contributed by atoms with Crippen LogP contribution in [0.5, 0.6) is 0 Å². The summed E-state index contributed by atoms with van der Waals surface area (Å²) in [5.74, 6) is 1.69. The van der Waals surface area contributed by atoms with Crippen LogP contribution >= 0.6 is 0 Å². The van der Waals surface area contributed by atoms with E-state index in [4.69, 9.17) is 18.8 Å². The number of carbonyl (C=O) groups excluding carboxylic acids is 1. The molecule has 1 fully saturated rings. The van der Waals surface area contributed by atoms with E-state index in [1.54, 1.807) is 6.92 Å². The normalized spacial score (nSPS) is 20.1. The predicted octanol–water partition coefficient (Wildman–Crippen LogP) is 2.53. The number of rotatable bonds is 8. The molecule has 0 radical (unpaired) electrons. The largest absolute Gasteiger partial charge is 0.486 e. The van der Waals surface area contributed by atoms with Gasteiger partial charge in [-0.25, -0.2) is 0 Å². The van der Waals surface area contributed by atoms with E-state index in [0.717, 1.165) is 6.42 Å². The first kappa shape index (κ1) is 18.2. The van der Waals surface area contributed by atoms with Crippen LogP contribution in [0.3, 0.4) is 0 Å². The standard InChI is InChI=1S/C15H27BO5/c1-6-19-13(17)9-12-18-11-8-7-10-16-20-14(2,3)15(4,5)21-16/h7,10H,6,8-9,11-12H2,1-5H3/b10-7+. The second-order valence-corrected chi connectivity index (χ2v) is 6.01. The minimum atomic E-state index is -0.311. The highest BCUT2D eigenvalue weighted by Crippen LogP contribution is 2.36. The van der Waals surface area contributed by atoms with Crippen LogP contribution in [0, 0.1) is 0 Å². The molecule has 1 rings (SSSR count). The van der Waals surface area contributed by atoms with E-state index in [0.29, 0.717) is 26.2 Å². The highest BCUT2D eigenvalue weighted by molar-refractivity contribution is 6.51. The highest BCUT2D eigenvalue weighted by Gasteiger charge is 2.49. The van der Waals surface area contributed by atoms with Gasteiger partial charge in [0.15, 0.2) is 0 Å². The summed E-state index contributed by atoms with van der Waals surface area (Å²) < 4.78 is 21.9.